The van der Waals surface area contributed by atoms with Gasteiger partial charge in [0.15, 0.2) is 0 Å². The molecule has 0 spiro atoms. The van der Waals surface area contributed by atoms with E-state index in [1.165, 1.54) is 4.90 Å². The highest BCUT2D eigenvalue weighted by Crippen LogP contribution is 2.53. The normalized spacial score (nSPS) is 26.0. The first kappa shape index (κ1) is 13.7. The van der Waals surface area contributed by atoms with Gasteiger partial charge in [-0.05, 0) is 25.3 Å². The van der Waals surface area contributed by atoms with Crippen LogP contribution < -0.4 is 9.80 Å². The highest BCUT2D eigenvalue weighted by molar-refractivity contribution is 5.80. The number of hydrogen-bond donors (Lipinski definition) is 1. The van der Waals surface area contributed by atoms with Crippen molar-refractivity contribution in [2.24, 2.45) is 5.92 Å². The van der Waals surface area contributed by atoms with Crippen LogP contribution in [0, 0.1) is 12.5 Å². The maximum atomic E-state index is 14.7. The summed E-state index contributed by atoms with van der Waals surface area (Å²) in [5.41, 5.74) is -0.280. The van der Waals surface area contributed by atoms with E-state index in [2.05, 4.69) is 9.83 Å². The second-order valence-corrected chi connectivity index (χ2v) is 7.14. The zero-order chi connectivity index (χ0) is 21.1. The molecule has 0 radical (unpaired) electrons. The van der Waals surface area contributed by atoms with E-state index in [0.29, 0.717) is 37.4 Å². The van der Waals surface area contributed by atoms with E-state index in [4.69, 9.17) is 15.8 Å². The summed E-state index contributed by atoms with van der Waals surface area (Å²) in [4.78, 5) is 21.9. The average molecular weight is 365 g/mol. The third-order valence-electron chi connectivity index (χ3n) is 5.41. The minimum atomic E-state index is -3.17. The molecule has 1 atom stereocenters. The van der Waals surface area contributed by atoms with Crippen LogP contribution >= 0.6 is 0 Å². The Morgan fingerprint density at radius 1 is 1.50 bits per heavy atom. The van der Waals surface area contributed by atoms with E-state index in [1.807, 2.05) is 0 Å². The smallest absolute Gasteiger partial charge is 0.303 e. The second kappa shape index (κ2) is 5.79. The molecule has 138 valence electrons. The molecule has 0 saturated carbocycles. The highest BCUT2D eigenvalue weighted by Gasteiger charge is 2.47. The standard InChI is InChI=1S/C18H20F2N4O2/c1-10-4-6-24(10)17-15(21-2)14-12(3-5-18(14,19)20)16(22-17)23-8-11(9-23)7-13(25)26/h10-11H,3-9H2,1H3,(H,25,26)/i1D3. The maximum absolute atomic E-state index is 14.7. The van der Waals surface area contributed by atoms with Crippen molar-refractivity contribution in [3.05, 3.63) is 22.5 Å². The monoisotopic (exact) mass is 365 g/mol. The van der Waals surface area contributed by atoms with Crippen molar-refractivity contribution in [3.8, 4) is 0 Å². The first-order valence-electron chi connectivity index (χ1n) is 10.1. The summed E-state index contributed by atoms with van der Waals surface area (Å²) in [5.74, 6) is -3.84. The van der Waals surface area contributed by atoms with Crippen molar-refractivity contribution in [2.75, 3.05) is 29.4 Å². The van der Waals surface area contributed by atoms with E-state index < -0.39 is 31.2 Å². The molecule has 1 aromatic rings. The number of hydrogen-bond acceptors (Lipinski definition) is 4. The quantitative estimate of drug-likeness (QED) is 0.831. The molecule has 26 heavy (non-hydrogen) atoms. The van der Waals surface area contributed by atoms with E-state index in [1.54, 1.807) is 4.90 Å². The van der Waals surface area contributed by atoms with Crippen molar-refractivity contribution in [3.63, 3.8) is 0 Å². The predicted octanol–water partition coefficient (Wildman–Crippen LogP) is 3.18. The fourth-order valence-electron chi connectivity index (χ4n) is 3.95. The maximum Gasteiger partial charge on any atom is 0.303 e. The topological polar surface area (TPSA) is 61.0 Å². The van der Waals surface area contributed by atoms with Gasteiger partial charge in [-0.3, -0.25) is 4.79 Å². The lowest BCUT2D eigenvalue weighted by molar-refractivity contribution is -0.138. The summed E-state index contributed by atoms with van der Waals surface area (Å²) in [6.07, 6.45) is 0.0340. The molecule has 2 fully saturated rings. The minimum Gasteiger partial charge on any atom is -0.481 e. The van der Waals surface area contributed by atoms with Gasteiger partial charge in [-0.15, -0.1) is 0 Å². The number of rotatable bonds is 4. The van der Waals surface area contributed by atoms with Gasteiger partial charge in [0.1, 0.15) is 11.6 Å². The Morgan fingerprint density at radius 2 is 2.27 bits per heavy atom. The molecule has 2 aliphatic heterocycles. The third kappa shape index (κ3) is 2.49. The number of halogens is 2. The van der Waals surface area contributed by atoms with Crippen LogP contribution in [0.1, 0.15) is 41.4 Å². The van der Waals surface area contributed by atoms with E-state index in [-0.39, 0.29) is 35.8 Å². The number of carboxylic acid groups (broad SMARTS) is 1. The number of carbonyl (C=O) groups is 1. The molecular formula is C18H20F2N4O2. The molecule has 3 heterocycles. The summed E-state index contributed by atoms with van der Waals surface area (Å²) in [6, 6.07) is -0.854. The minimum absolute atomic E-state index is 0.00406. The molecule has 4 rings (SSSR count). The molecular weight excluding hydrogens is 342 g/mol. The number of pyridine rings is 1. The first-order chi connectivity index (χ1) is 13.5. The van der Waals surface area contributed by atoms with Crippen LogP contribution in [0.15, 0.2) is 0 Å². The average Bonchev–Trinajstić information content (AvgIpc) is 2.83. The predicted molar refractivity (Wildman–Crippen MR) is 92.1 cm³/mol. The number of alkyl halides is 2. The Hall–Kier alpha value is -2.43. The number of anilines is 2. The molecule has 0 amide bonds. The van der Waals surface area contributed by atoms with Crippen molar-refractivity contribution in [2.45, 2.75) is 44.5 Å². The van der Waals surface area contributed by atoms with Crippen LogP contribution in [-0.4, -0.2) is 41.7 Å². The van der Waals surface area contributed by atoms with Gasteiger partial charge in [0.05, 0.1) is 13.0 Å². The Morgan fingerprint density at radius 3 is 2.85 bits per heavy atom. The molecule has 1 N–H and O–H groups in total. The van der Waals surface area contributed by atoms with Gasteiger partial charge in [0.2, 0.25) is 5.69 Å². The van der Waals surface area contributed by atoms with Crippen LogP contribution in [0.2, 0.25) is 0 Å². The van der Waals surface area contributed by atoms with Gasteiger partial charge >= 0.3 is 5.97 Å². The summed E-state index contributed by atoms with van der Waals surface area (Å²) in [5, 5.41) is 8.93. The molecule has 1 unspecified atom stereocenters. The number of aromatic nitrogens is 1. The van der Waals surface area contributed by atoms with Crippen LogP contribution in [0.3, 0.4) is 0 Å². The summed E-state index contributed by atoms with van der Waals surface area (Å²) in [7, 11) is 0. The lowest BCUT2D eigenvalue weighted by atomic mass is 9.95. The molecule has 8 heteroatoms. The zero-order valence-corrected chi connectivity index (χ0v) is 14.0. The molecule has 1 aromatic heterocycles. The summed E-state index contributed by atoms with van der Waals surface area (Å²) in [6.45, 7) is 6.30. The Balaban J connectivity index is 1.77. The van der Waals surface area contributed by atoms with Crippen molar-refractivity contribution >= 4 is 23.3 Å². The lowest BCUT2D eigenvalue weighted by Gasteiger charge is -2.44. The van der Waals surface area contributed by atoms with Crippen LogP contribution in [0.25, 0.3) is 4.85 Å². The first-order valence-corrected chi connectivity index (χ1v) is 8.59. The van der Waals surface area contributed by atoms with E-state index >= 15 is 0 Å². The Bertz CT molecular complexity index is 910. The van der Waals surface area contributed by atoms with Gasteiger partial charge in [-0.1, -0.05) is 0 Å². The van der Waals surface area contributed by atoms with E-state index in [9.17, 15) is 13.6 Å². The molecule has 1 aliphatic carbocycles. The van der Waals surface area contributed by atoms with E-state index in [0.717, 1.165) is 0 Å². The molecule has 0 bridgehead atoms. The molecule has 0 aromatic carbocycles. The van der Waals surface area contributed by atoms with Gasteiger partial charge in [0.25, 0.3) is 5.92 Å². The fourth-order valence-corrected chi connectivity index (χ4v) is 3.95. The van der Waals surface area contributed by atoms with Crippen molar-refractivity contribution in [1.29, 1.82) is 0 Å². The highest BCUT2D eigenvalue weighted by atomic mass is 19.3. The number of aliphatic carboxylic acids is 1. The van der Waals surface area contributed by atoms with Crippen LogP contribution in [0.5, 0.6) is 0 Å². The number of carboxylic acids is 1. The lowest BCUT2D eigenvalue weighted by Crippen LogP contribution is -2.49. The molecule has 2 saturated heterocycles. The Kier molecular flexibility index (Phi) is 3.06. The number of nitrogens with zero attached hydrogens (tertiary/aromatic N) is 4. The summed E-state index contributed by atoms with van der Waals surface area (Å²) < 4.78 is 52.4. The Labute approximate surface area is 154 Å². The van der Waals surface area contributed by atoms with Crippen molar-refractivity contribution < 1.29 is 22.8 Å². The van der Waals surface area contributed by atoms with Crippen LogP contribution in [0.4, 0.5) is 26.1 Å². The van der Waals surface area contributed by atoms with Crippen LogP contribution in [-0.2, 0) is 17.1 Å². The van der Waals surface area contributed by atoms with Gasteiger partial charge in [-0.25, -0.2) is 18.6 Å². The third-order valence-corrected chi connectivity index (χ3v) is 5.41. The largest absolute Gasteiger partial charge is 0.481 e. The number of fused-ring (bicyclic) bond motifs is 1. The second-order valence-electron chi connectivity index (χ2n) is 7.14. The molecule has 3 aliphatic rings. The van der Waals surface area contributed by atoms with Crippen molar-refractivity contribution in [1.82, 2.24) is 4.98 Å². The van der Waals surface area contributed by atoms with Gasteiger partial charge < -0.3 is 14.9 Å². The molecule has 6 nitrogen and oxygen atoms in total. The van der Waals surface area contributed by atoms with Gasteiger partial charge in [-0.2, -0.15) is 0 Å². The SMILES string of the molecule is [2H]C([2H])([2H])C1CCN1c1nc(N2CC(CC(=O)O)C2)c2c(c1[N+]#[C-])C(F)(F)CC2. The van der Waals surface area contributed by atoms with Gasteiger partial charge in [0, 0.05) is 47.7 Å². The summed E-state index contributed by atoms with van der Waals surface area (Å²) >= 11 is 0. The zero-order valence-electron chi connectivity index (χ0n) is 17.0. The fraction of sp³-hybridized carbons (Fsp3) is 0.611.